The van der Waals surface area contributed by atoms with Gasteiger partial charge in [0.1, 0.15) is 6.04 Å². The molecule has 22 heavy (non-hydrogen) atoms. The van der Waals surface area contributed by atoms with E-state index in [4.69, 9.17) is 0 Å². The van der Waals surface area contributed by atoms with Crippen molar-refractivity contribution in [1.82, 2.24) is 0 Å². The summed E-state index contributed by atoms with van der Waals surface area (Å²) in [5.74, 6) is -0.0419. The molecule has 2 rings (SSSR count). The van der Waals surface area contributed by atoms with Crippen LogP contribution >= 0.6 is 11.8 Å². The molecule has 0 saturated heterocycles. The number of aryl methyl sites for hydroxylation is 2. The summed E-state index contributed by atoms with van der Waals surface area (Å²) >= 11 is 1.62. The number of amides is 1. The number of hydrogen-bond acceptors (Lipinski definition) is 3. The van der Waals surface area contributed by atoms with Gasteiger partial charge in [-0.05, 0) is 62.4 Å². The Bertz CT molecular complexity index is 670. The monoisotopic (exact) mass is 314 g/mol. The Morgan fingerprint density at radius 2 is 1.82 bits per heavy atom. The third kappa shape index (κ3) is 4.04. The van der Waals surface area contributed by atoms with Crippen molar-refractivity contribution >= 4 is 29.0 Å². The average molecular weight is 314 g/mol. The van der Waals surface area contributed by atoms with E-state index in [1.807, 2.05) is 43.5 Å². The largest absolute Gasteiger partial charge is 0.374 e. The van der Waals surface area contributed by atoms with Crippen LogP contribution in [-0.2, 0) is 4.79 Å². The summed E-state index contributed by atoms with van der Waals surface area (Å²) in [4.78, 5) is 13.4. The molecule has 116 valence electrons. The van der Waals surface area contributed by atoms with Gasteiger partial charge in [0.2, 0.25) is 5.91 Å². The van der Waals surface area contributed by atoms with Gasteiger partial charge >= 0.3 is 0 Å². The van der Waals surface area contributed by atoms with Gasteiger partial charge in [0.15, 0.2) is 0 Å². The van der Waals surface area contributed by atoms with Crippen molar-refractivity contribution in [1.29, 1.82) is 0 Å². The highest BCUT2D eigenvalue weighted by molar-refractivity contribution is 7.98. The van der Waals surface area contributed by atoms with Crippen LogP contribution in [0, 0.1) is 13.8 Å². The SMILES string of the molecule is CSc1ccccc1NC(=O)[C@@H](C)Nc1ccc(C)c(C)c1. The molecule has 2 aromatic carbocycles. The van der Waals surface area contributed by atoms with Gasteiger partial charge in [0.05, 0.1) is 5.69 Å². The Kier molecular flexibility index (Phi) is 5.50. The van der Waals surface area contributed by atoms with Gasteiger partial charge in [-0.15, -0.1) is 11.8 Å². The van der Waals surface area contributed by atoms with Gasteiger partial charge < -0.3 is 10.6 Å². The molecule has 0 spiro atoms. The Morgan fingerprint density at radius 1 is 1.09 bits per heavy atom. The number of carbonyl (C=O) groups is 1. The average Bonchev–Trinajstić information content (AvgIpc) is 2.51. The fourth-order valence-electron chi connectivity index (χ4n) is 2.14. The third-order valence-corrected chi connectivity index (χ3v) is 4.44. The minimum absolute atomic E-state index is 0.0419. The molecule has 0 fully saturated rings. The van der Waals surface area contributed by atoms with Crippen LogP contribution in [0.4, 0.5) is 11.4 Å². The van der Waals surface area contributed by atoms with Crippen molar-refractivity contribution in [2.75, 3.05) is 16.9 Å². The zero-order valence-corrected chi connectivity index (χ0v) is 14.3. The van der Waals surface area contributed by atoms with E-state index >= 15 is 0 Å². The highest BCUT2D eigenvalue weighted by Gasteiger charge is 2.14. The van der Waals surface area contributed by atoms with Crippen molar-refractivity contribution in [3.05, 3.63) is 53.6 Å². The molecule has 0 heterocycles. The van der Waals surface area contributed by atoms with Crippen LogP contribution in [0.15, 0.2) is 47.4 Å². The van der Waals surface area contributed by atoms with E-state index in [1.165, 1.54) is 11.1 Å². The van der Waals surface area contributed by atoms with Gasteiger partial charge in [-0.25, -0.2) is 0 Å². The molecule has 3 nitrogen and oxygen atoms in total. The van der Waals surface area contributed by atoms with E-state index in [0.717, 1.165) is 16.3 Å². The van der Waals surface area contributed by atoms with Crippen molar-refractivity contribution in [3.8, 4) is 0 Å². The molecule has 0 aliphatic carbocycles. The molecule has 0 aliphatic heterocycles. The quantitative estimate of drug-likeness (QED) is 0.800. The number of carbonyl (C=O) groups excluding carboxylic acids is 1. The summed E-state index contributed by atoms with van der Waals surface area (Å²) in [6.45, 7) is 6.01. The first-order valence-electron chi connectivity index (χ1n) is 7.29. The second-order valence-electron chi connectivity index (χ2n) is 5.35. The lowest BCUT2D eigenvalue weighted by Crippen LogP contribution is -2.32. The van der Waals surface area contributed by atoms with E-state index in [0.29, 0.717) is 0 Å². The molecule has 0 saturated carbocycles. The highest BCUT2D eigenvalue weighted by Crippen LogP contribution is 2.25. The predicted molar refractivity (Wildman–Crippen MR) is 95.9 cm³/mol. The van der Waals surface area contributed by atoms with Crippen molar-refractivity contribution in [3.63, 3.8) is 0 Å². The minimum atomic E-state index is -0.308. The van der Waals surface area contributed by atoms with Gasteiger partial charge in [-0.2, -0.15) is 0 Å². The van der Waals surface area contributed by atoms with Gasteiger partial charge in [0, 0.05) is 10.6 Å². The number of nitrogens with one attached hydrogen (secondary N) is 2. The zero-order chi connectivity index (χ0) is 16.1. The predicted octanol–water partition coefficient (Wildman–Crippen LogP) is 4.46. The molecular formula is C18H22N2OS. The van der Waals surface area contributed by atoms with E-state index in [2.05, 4.69) is 36.6 Å². The van der Waals surface area contributed by atoms with E-state index in [1.54, 1.807) is 11.8 Å². The van der Waals surface area contributed by atoms with Crippen LogP contribution in [0.5, 0.6) is 0 Å². The van der Waals surface area contributed by atoms with Crippen molar-refractivity contribution in [2.45, 2.75) is 31.7 Å². The topological polar surface area (TPSA) is 41.1 Å². The van der Waals surface area contributed by atoms with Crippen LogP contribution in [0.3, 0.4) is 0 Å². The maximum atomic E-state index is 12.4. The molecule has 0 unspecified atom stereocenters. The number of anilines is 2. The standard InChI is InChI=1S/C18H22N2OS/c1-12-9-10-15(11-13(12)2)19-14(3)18(21)20-16-7-5-6-8-17(16)22-4/h5-11,14,19H,1-4H3,(H,20,21)/t14-/m1/s1. The smallest absolute Gasteiger partial charge is 0.246 e. The molecule has 2 aromatic rings. The molecule has 0 bridgehead atoms. The number of benzene rings is 2. The maximum Gasteiger partial charge on any atom is 0.246 e. The van der Waals surface area contributed by atoms with Gasteiger partial charge in [0.25, 0.3) is 0 Å². The van der Waals surface area contributed by atoms with Gasteiger partial charge in [-0.1, -0.05) is 18.2 Å². The Morgan fingerprint density at radius 3 is 2.50 bits per heavy atom. The second kappa shape index (κ2) is 7.36. The fourth-order valence-corrected chi connectivity index (χ4v) is 2.69. The number of rotatable bonds is 5. The Balaban J connectivity index is 2.04. The van der Waals surface area contributed by atoms with Crippen LogP contribution in [0.25, 0.3) is 0 Å². The maximum absolute atomic E-state index is 12.4. The first kappa shape index (κ1) is 16.4. The Hall–Kier alpha value is -1.94. The summed E-state index contributed by atoms with van der Waals surface area (Å²) in [5, 5.41) is 6.23. The van der Waals surface area contributed by atoms with E-state index in [-0.39, 0.29) is 11.9 Å². The van der Waals surface area contributed by atoms with Crippen molar-refractivity contribution in [2.24, 2.45) is 0 Å². The first-order valence-corrected chi connectivity index (χ1v) is 8.51. The summed E-state index contributed by atoms with van der Waals surface area (Å²) in [6.07, 6.45) is 2.00. The van der Waals surface area contributed by atoms with Gasteiger partial charge in [-0.3, -0.25) is 4.79 Å². The minimum Gasteiger partial charge on any atom is -0.374 e. The first-order chi connectivity index (χ1) is 10.5. The summed E-state index contributed by atoms with van der Waals surface area (Å²) in [5.41, 5.74) is 4.28. The molecule has 0 aromatic heterocycles. The van der Waals surface area contributed by atoms with Crippen LogP contribution < -0.4 is 10.6 Å². The second-order valence-corrected chi connectivity index (χ2v) is 6.20. The zero-order valence-electron chi connectivity index (χ0n) is 13.4. The number of hydrogen-bond donors (Lipinski definition) is 2. The molecule has 1 atom stereocenters. The number of para-hydroxylation sites is 1. The Labute approximate surface area is 136 Å². The van der Waals surface area contributed by atoms with Crippen LogP contribution in [0.1, 0.15) is 18.1 Å². The molecule has 0 radical (unpaired) electrons. The summed E-state index contributed by atoms with van der Waals surface area (Å²) in [6, 6.07) is 13.6. The van der Waals surface area contributed by atoms with E-state index in [9.17, 15) is 4.79 Å². The molecule has 0 aliphatic rings. The van der Waals surface area contributed by atoms with E-state index < -0.39 is 0 Å². The highest BCUT2D eigenvalue weighted by atomic mass is 32.2. The van der Waals surface area contributed by atoms with Crippen LogP contribution in [0.2, 0.25) is 0 Å². The summed E-state index contributed by atoms with van der Waals surface area (Å²) in [7, 11) is 0. The van der Waals surface area contributed by atoms with Crippen molar-refractivity contribution < 1.29 is 4.79 Å². The summed E-state index contributed by atoms with van der Waals surface area (Å²) < 4.78 is 0. The molecule has 2 N–H and O–H groups in total. The molecule has 1 amide bonds. The fraction of sp³-hybridized carbons (Fsp3) is 0.278. The number of thioether (sulfide) groups is 1. The lowest BCUT2D eigenvalue weighted by molar-refractivity contribution is -0.116. The molecule has 4 heteroatoms. The normalized spacial score (nSPS) is 11.8. The van der Waals surface area contributed by atoms with Crippen LogP contribution in [-0.4, -0.2) is 18.2 Å². The third-order valence-electron chi connectivity index (χ3n) is 3.65. The molecular weight excluding hydrogens is 292 g/mol. The lowest BCUT2D eigenvalue weighted by Gasteiger charge is -2.17. The lowest BCUT2D eigenvalue weighted by atomic mass is 10.1.